The van der Waals surface area contributed by atoms with E-state index in [2.05, 4.69) is 73.2 Å². The third-order valence-corrected chi connectivity index (χ3v) is 6.79. The molecular formula is C19H28BrN. The van der Waals surface area contributed by atoms with Crippen molar-refractivity contribution in [3.8, 4) is 0 Å². The van der Waals surface area contributed by atoms with E-state index in [4.69, 9.17) is 0 Å². The average Bonchev–Trinajstić information content (AvgIpc) is 2.90. The van der Waals surface area contributed by atoms with Gasteiger partial charge in [-0.05, 0) is 60.1 Å². The van der Waals surface area contributed by atoms with Crippen LogP contribution in [0.4, 0.5) is 0 Å². The number of rotatable bonds is 4. The minimum atomic E-state index is 0.423. The van der Waals surface area contributed by atoms with E-state index in [-0.39, 0.29) is 0 Å². The SMILES string of the molecule is CCC(NC1C2(C)CCC(C2)C1(C)C)c1cccc(Br)c1. The Kier molecular flexibility index (Phi) is 3.99. The fourth-order valence-corrected chi connectivity index (χ4v) is 5.51. The second kappa shape index (κ2) is 5.38. The standard InChI is InChI=1S/C19H28BrN/c1-5-16(13-7-6-8-15(20)11-13)21-17-18(2,3)14-9-10-19(17,4)12-14/h6-8,11,14,16-17,21H,5,9-10,12H2,1-4H3. The van der Waals surface area contributed by atoms with Crippen LogP contribution in [0.3, 0.4) is 0 Å². The highest BCUT2D eigenvalue weighted by Gasteiger charge is 2.59. The molecule has 0 saturated heterocycles. The zero-order valence-electron chi connectivity index (χ0n) is 13.7. The molecule has 3 rings (SSSR count). The van der Waals surface area contributed by atoms with Gasteiger partial charge in [0.15, 0.2) is 0 Å². The summed E-state index contributed by atoms with van der Waals surface area (Å²) in [6, 6.07) is 9.88. The van der Waals surface area contributed by atoms with E-state index in [1.807, 2.05) is 0 Å². The minimum Gasteiger partial charge on any atom is -0.306 e. The van der Waals surface area contributed by atoms with Crippen LogP contribution in [0.5, 0.6) is 0 Å². The fourth-order valence-electron chi connectivity index (χ4n) is 5.09. The van der Waals surface area contributed by atoms with E-state index < -0.39 is 0 Å². The summed E-state index contributed by atoms with van der Waals surface area (Å²) in [4.78, 5) is 0. The van der Waals surface area contributed by atoms with Crippen molar-refractivity contribution in [2.24, 2.45) is 16.7 Å². The molecule has 2 bridgehead atoms. The zero-order chi connectivity index (χ0) is 15.3. The minimum absolute atomic E-state index is 0.423. The van der Waals surface area contributed by atoms with Crippen molar-refractivity contribution in [2.45, 2.75) is 65.5 Å². The van der Waals surface area contributed by atoms with Crippen LogP contribution in [-0.4, -0.2) is 6.04 Å². The van der Waals surface area contributed by atoms with Gasteiger partial charge in [-0.25, -0.2) is 0 Å². The van der Waals surface area contributed by atoms with Gasteiger partial charge < -0.3 is 5.32 Å². The van der Waals surface area contributed by atoms with Gasteiger partial charge in [0.05, 0.1) is 0 Å². The second-order valence-electron chi connectivity index (χ2n) is 8.03. The first kappa shape index (κ1) is 15.6. The van der Waals surface area contributed by atoms with E-state index in [9.17, 15) is 0 Å². The summed E-state index contributed by atoms with van der Waals surface area (Å²) in [5.74, 6) is 0.903. The van der Waals surface area contributed by atoms with Crippen molar-refractivity contribution in [3.63, 3.8) is 0 Å². The topological polar surface area (TPSA) is 12.0 Å². The van der Waals surface area contributed by atoms with Gasteiger partial charge in [0.1, 0.15) is 0 Å². The van der Waals surface area contributed by atoms with Crippen LogP contribution in [0, 0.1) is 16.7 Å². The molecule has 0 amide bonds. The molecule has 2 aliphatic carbocycles. The van der Waals surface area contributed by atoms with Gasteiger partial charge in [-0.3, -0.25) is 0 Å². The molecule has 4 atom stereocenters. The summed E-state index contributed by atoms with van der Waals surface area (Å²) in [6.45, 7) is 9.76. The van der Waals surface area contributed by atoms with Crippen molar-refractivity contribution in [1.82, 2.24) is 5.32 Å². The van der Waals surface area contributed by atoms with E-state index >= 15 is 0 Å². The Hall–Kier alpha value is -0.340. The van der Waals surface area contributed by atoms with E-state index in [1.165, 1.54) is 29.3 Å². The third-order valence-electron chi connectivity index (χ3n) is 6.30. The summed E-state index contributed by atoms with van der Waals surface area (Å²) in [6.07, 6.45) is 5.37. The second-order valence-corrected chi connectivity index (χ2v) is 8.95. The Bertz CT molecular complexity index is 519. The van der Waals surface area contributed by atoms with E-state index in [0.717, 1.165) is 12.3 Å². The molecule has 0 radical (unpaired) electrons. The van der Waals surface area contributed by atoms with Crippen molar-refractivity contribution < 1.29 is 0 Å². The smallest absolute Gasteiger partial charge is 0.0320 e. The molecule has 1 nitrogen and oxygen atoms in total. The first-order chi connectivity index (χ1) is 9.87. The molecule has 1 aromatic carbocycles. The number of hydrogen-bond donors (Lipinski definition) is 1. The van der Waals surface area contributed by atoms with E-state index in [0.29, 0.717) is 22.9 Å². The molecule has 0 heterocycles. The molecule has 116 valence electrons. The van der Waals surface area contributed by atoms with Crippen LogP contribution in [0.2, 0.25) is 0 Å². The normalized spacial score (nSPS) is 35.1. The summed E-state index contributed by atoms with van der Waals surface area (Å²) in [7, 11) is 0. The molecule has 4 unspecified atom stereocenters. The molecular weight excluding hydrogens is 322 g/mol. The van der Waals surface area contributed by atoms with Crippen LogP contribution in [0.15, 0.2) is 28.7 Å². The van der Waals surface area contributed by atoms with Crippen molar-refractivity contribution in [3.05, 3.63) is 34.3 Å². The predicted molar refractivity (Wildman–Crippen MR) is 93.3 cm³/mol. The number of hydrogen-bond acceptors (Lipinski definition) is 1. The predicted octanol–water partition coefficient (Wildman–Crippen LogP) is 5.70. The van der Waals surface area contributed by atoms with E-state index in [1.54, 1.807) is 0 Å². The van der Waals surface area contributed by atoms with Crippen LogP contribution in [0.25, 0.3) is 0 Å². The van der Waals surface area contributed by atoms with Crippen molar-refractivity contribution in [1.29, 1.82) is 0 Å². The highest BCUT2D eigenvalue weighted by molar-refractivity contribution is 9.10. The highest BCUT2D eigenvalue weighted by Crippen LogP contribution is 2.62. The molecule has 2 aliphatic rings. The molecule has 1 N–H and O–H groups in total. The van der Waals surface area contributed by atoms with Crippen LogP contribution in [0.1, 0.15) is 65.0 Å². The van der Waals surface area contributed by atoms with Gasteiger partial charge in [-0.2, -0.15) is 0 Å². The molecule has 1 aromatic rings. The summed E-state index contributed by atoms with van der Waals surface area (Å²) in [5.41, 5.74) is 2.33. The zero-order valence-corrected chi connectivity index (χ0v) is 15.3. The van der Waals surface area contributed by atoms with Gasteiger partial charge >= 0.3 is 0 Å². The Morgan fingerprint density at radius 3 is 2.67 bits per heavy atom. The highest BCUT2D eigenvalue weighted by atomic mass is 79.9. The summed E-state index contributed by atoms with van der Waals surface area (Å²) >= 11 is 3.61. The lowest BCUT2D eigenvalue weighted by Crippen LogP contribution is -2.51. The van der Waals surface area contributed by atoms with Crippen molar-refractivity contribution in [2.75, 3.05) is 0 Å². The summed E-state index contributed by atoms with van der Waals surface area (Å²) in [5, 5.41) is 4.05. The monoisotopic (exact) mass is 349 g/mol. The van der Waals surface area contributed by atoms with Crippen LogP contribution >= 0.6 is 15.9 Å². The molecule has 0 aromatic heterocycles. The number of fused-ring (bicyclic) bond motifs is 2. The number of halogens is 1. The first-order valence-electron chi connectivity index (χ1n) is 8.38. The van der Waals surface area contributed by atoms with Gasteiger partial charge in [0.25, 0.3) is 0 Å². The van der Waals surface area contributed by atoms with Gasteiger partial charge in [0.2, 0.25) is 0 Å². The van der Waals surface area contributed by atoms with Crippen LogP contribution < -0.4 is 5.32 Å². The van der Waals surface area contributed by atoms with Crippen LogP contribution in [-0.2, 0) is 0 Å². The Balaban J connectivity index is 1.84. The Morgan fingerprint density at radius 1 is 1.33 bits per heavy atom. The maximum Gasteiger partial charge on any atom is 0.0320 e. The van der Waals surface area contributed by atoms with Crippen molar-refractivity contribution >= 4 is 15.9 Å². The Morgan fingerprint density at radius 2 is 2.10 bits per heavy atom. The molecule has 0 spiro atoms. The Labute approximate surface area is 138 Å². The largest absolute Gasteiger partial charge is 0.306 e. The van der Waals surface area contributed by atoms with Gasteiger partial charge in [-0.15, -0.1) is 0 Å². The maximum atomic E-state index is 4.05. The lowest BCUT2D eigenvalue weighted by atomic mass is 9.68. The lowest BCUT2D eigenvalue weighted by Gasteiger charge is -2.45. The molecule has 2 saturated carbocycles. The summed E-state index contributed by atoms with van der Waals surface area (Å²) < 4.78 is 1.18. The lowest BCUT2D eigenvalue weighted by molar-refractivity contribution is 0.0976. The van der Waals surface area contributed by atoms with Gasteiger partial charge in [-0.1, -0.05) is 55.8 Å². The average molecular weight is 350 g/mol. The molecule has 2 heteroatoms. The first-order valence-corrected chi connectivity index (χ1v) is 9.17. The molecule has 2 fully saturated rings. The molecule has 0 aliphatic heterocycles. The molecule has 21 heavy (non-hydrogen) atoms. The fraction of sp³-hybridized carbons (Fsp3) is 0.684. The maximum absolute atomic E-state index is 4.05. The quantitative estimate of drug-likeness (QED) is 0.734. The number of benzene rings is 1. The van der Waals surface area contributed by atoms with Gasteiger partial charge in [0, 0.05) is 16.6 Å². The number of nitrogens with one attached hydrogen (secondary N) is 1. The third kappa shape index (κ3) is 2.59.